The van der Waals surface area contributed by atoms with Crippen molar-refractivity contribution in [2.75, 3.05) is 0 Å². The topological polar surface area (TPSA) is 66.4 Å². The molecule has 21 heavy (non-hydrogen) atoms. The zero-order chi connectivity index (χ0) is 15.7. The highest BCUT2D eigenvalue weighted by molar-refractivity contribution is 5.86. The highest BCUT2D eigenvalue weighted by Crippen LogP contribution is 2.44. The highest BCUT2D eigenvalue weighted by atomic mass is 19.1. The van der Waals surface area contributed by atoms with E-state index in [4.69, 9.17) is 0 Å². The molecule has 2 rings (SSSR count). The van der Waals surface area contributed by atoms with Gasteiger partial charge in [-0.25, -0.2) is 4.39 Å². The summed E-state index contributed by atoms with van der Waals surface area (Å²) < 4.78 is 13.3. The first-order valence-corrected chi connectivity index (χ1v) is 7.06. The molecule has 1 aromatic rings. The molecule has 1 aliphatic carbocycles. The normalized spacial score (nSPS) is 16.9. The highest BCUT2D eigenvalue weighted by Gasteiger charge is 2.46. The summed E-state index contributed by atoms with van der Waals surface area (Å²) in [6, 6.07) is 6.04. The molecule has 0 aliphatic heterocycles. The summed E-state index contributed by atoms with van der Waals surface area (Å²) in [4.78, 5) is 23.5. The smallest absolute Gasteiger partial charge is 0.310 e. The molecule has 0 unspecified atom stereocenters. The van der Waals surface area contributed by atoms with Crippen molar-refractivity contribution in [3.63, 3.8) is 0 Å². The van der Waals surface area contributed by atoms with Crippen LogP contribution in [0.25, 0.3) is 0 Å². The fourth-order valence-electron chi connectivity index (χ4n) is 2.72. The van der Waals surface area contributed by atoms with Crippen LogP contribution in [0.15, 0.2) is 24.3 Å². The first-order valence-electron chi connectivity index (χ1n) is 7.06. The number of carboxylic acid groups (broad SMARTS) is 1. The van der Waals surface area contributed by atoms with Gasteiger partial charge in [-0.3, -0.25) is 9.59 Å². The lowest BCUT2D eigenvalue weighted by atomic mass is 9.66. The van der Waals surface area contributed by atoms with Crippen molar-refractivity contribution in [3.05, 3.63) is 35.6 Å². The summed E-state index contributed by atoms with van der Waals surface area (Å²) in [6.07, 6.45) is 1.89. The lowest BCUT2D eigenvalue weighted by Gasteiger charge is -2.38. The summed E-state index contributed by atoms with van der Waals surface area (Å²) in [7, 11) is 0. The molecule has 0 aromatic heterocycles. The number of halogens is 1. The standard InChI is InChI=1S/C16H20FNO3/c1-15(2,11-5-3-6-12(17)9-11)18-13(19)10-16(14(20)21)7-4-8-16/h3,5-6,9H,4,7-8,10H2,1-2H3,(H,18,19)(H,20,21). The van der Waals surface area contributed by atoms with Crippen LogP contribution in [0.5, 0.6) is 0 Å². The summed E-state index contributed by atoms with van der Waals surface area (Å²) >= 11 is 0. The van der Waals surface area contributed by atoms with E-state index in [9.17, 15) is 19.1 Å². The van der Waals surface area contributed by atoms with Gasteiger partial charge in [0.1, 0.15) is 5.82 Å². The Morgan fingerprint density at radius 2 is 2.05 bits per heavy atom. The minimum Gasteiger partial charge on any atom is -0.481 e. The van der Waals surface area contributed by atoms with Gasteiger partial charge in [-0.2, -0.15) is 0 Å². The average Bonchev–Trinajstić information content (AvgIpc) is 2.32. The number of carboxylic acids is 1. The predicted octanol–water partition coefficient (Wildman–Crippen LogP) is 2.82. The Hall–Kier alpha value is -1.91. The minimum absolute atomic E-state index is 0.0267. The van der Waals surface area contributed by atoms with Crippen LogP contribution in [-0.4, -0.2) is 17.0 Å². The number of carbonyl (C=O) groups excluding carboxylic acids is 1. The van der Waals surface area contributed by atoms with E-state index < -0.39 is 16.9 Å². The largest absolute Gasteiger partial charge is 0.481 e. The van der Waals surface area contributed by atoms with Crippen molar-refractivity contribution in [1.29, 1.82) is 0 Å². The molecule has 1 aliphatic rings. The van der Waals surface area contributed by atoms with Crippen molar-refractivity contribution >= 4 is 11.9 Å². The van der Waals surface area contributed by atoms with Gasteiger partial charge in [-0.1, -0.05) is 18.6 Å². The van der Waals surface area contributed by atoms with Gasteiger partial charge < -0.3 is 10.4 Å². The van der Waals surface area contributed by atoms with Gasteiger partial charge in [0, 0.05) is 6.42 Å². The second-order valence-corrected chi connectivity index (χ2v) is 6.30. The molecular weight excluding hydrogens is 273 g/mol. The zero-order valence-corrected chi connectivity index (χ0v) is 12.3. The van der Waals surface area contributed by atoms with Crippen LogP contribution in [0.1, 0.15) is 45.1 Å². The van der Waals surface area contributed by atoms with Gasteiger partial charge >= 0.3 is 5.97 Å². The molecule has 0 spiro atoms. The fraction of sp³-hybridized carbons (Fsp3) is 0.500. The molecule has 1 saturated carbocycles. The maximum Gasteiger partial charge on any atom is 0.310 e. The van der Waals surface area contributed by atoms with E-state index in [1.165, 1.54) is 12.1 Å². The van der Waals surface area contributed by atoms with E-state index in [-0.39, 0.29) is 18.1 Å². The van der Waals surface area contributed by atoms with E-state index in [1.807, 2.05) is 0 Å². The molecule has 0 radical (unpaired) electrons. The predicted molar refractivity (Wildman–Crippen MR) is 76.1 cm³/mol. The molecule has 4 nitrogen and oxygen atoms in total. The third kappa shape index (κ3) is 3.23. The second kappa shape index (κ2) is 5.47. The van der Waals surface area contributed by atoms with Crippen molar-refractivity contribution in [3.8, 4) is 0 Å². The Labute approximate surface area is 123 Å². The van der Waals surface area contributed by atoms with E-state index in [2.05, 4.69) is 5.32 Å². The Kier molecular flexibility index (Phi) is 4.03. The minimum atomic E-state index is -0.915. The summed E-state index contributed by atoms with van der Waals surface area (Å²) in [5, 5.41) is 12.1. The van der Waals surface area contributed by atoms with Crippen LogP contribution in [0.2, 0.25) is 0 Å². The fourth-order valence-corrected chi connectivity index (χ4v) is 2.72. The Balaban J connectivity index is 2.06. The molecule has 5 heteroatoms. The first kappa shape index (κ1) is 15.5. The monoisotopic (exact) mass is 293 g/mol. The SMILES string of the molecule is CC(C)(NC(=O)CC1(C(=O)O)CCC1)c1cccc(F)c1. The van der Waals surface area contributed by atoms with E-state index in [1.54, 1.807) is 26.0 Å². The van der Waals surface area contributed by atoms with Crippen LogP contribution >= 0.6 is 0 Å². The first-order chi connectivity index (χ1) is 9.75. The van der Waals surface area contributed by atoms with Crippen LogP contribution in [0.3, 0.4) is 0 Å². The van der Waals surface area contributed by atoms with Gasteiger partial charge in [0.25, 0.3) is 0 Å². The van der Waals surface area contributed by atoms with Crippen molar-refractivity contribution < 1.29 is 19.1 Å². The molecule has 2 N–H and O–H groups in total. The summed E-state index contributed by atoms with van der Waals surface area (Å²) in [5.41, 5.74) is -1.01. The molecule has 1 aromatic carbocycles. The zero-order valence-electron chi connectivity index (χ0n) is 12.3. The Bertz CT molecular complexity index is 564. The van der Waals surface area contributed by atoms with E-state index in [0.29, 0.717) is 18.4 Å². The maximum atomic E-state index is 13.3. The maximum absolute atomic E-state index is 13.3. The van der Waals surface area contributed by atoms with Crippen LogP contribution in [0, 0.1) is 11.2 Å². The molecule has 0 saturated heterocycles. The summed E-state index contributed by atoms with van der Waals surface area (Å²) in [5.74, 6) is -1.59. The van der Waals surface area contributed by atoms with Crippen molar-refractivity contribution in [2.45, 2.75) is 45.1 Å². The number of benzene rings is 1. The Morgan fingerprint density at radius 1 is 1.38 bits per heavy atom. The molecule has 1 fully saturated rings. The van der Waals surface area contributed by atoms with Gasteiger partial charge in [-0.15, -0.1) is 0 Å². The number of carbonyl (C=O) groups is 2. The van der Waals surface area contributed by atoms with Gasteiger partial charge in [0.15, 0.2) is 0 Å². The van der Waals surface area contributed by atoms with Gasteiger partial charge in [0.2, 0.25) is 5.91 Å². The number of nitrogens with one attached hydrogen (secondary N) is 1. The van der Waals surface area contributed by atoms with E-state index in [0.717, 1.165) is 6.42 Å². The van der Waals surface area contributed by atoms with Gasteiger partial charge in [-0.05, 0) is 44.4 Å². The number of rotatable bonds is 5. The van der Waals surface area contributed by atoms with Crippen LogP contribution in [0.4, 0.5) is 4.39 Å². The lowest BCUT2D eigenvalue weighted by Crippen LogP contribution is -2.47. The third-order valence-electron chi connectivity index (χ3n) is 4.26. The van der Waals surface area contributed by atoms with Crippen LogP contribution in [-0.2, 0) is 15.1 Å². The molecule has 0 atom stereocenters. The molecule has 0 bridgehead atoms. The van der Waals surface area contributed by atoms with Gasteiger partial charge in [0.05, 0.1) is 11.0 Å². The average molecular weight is 293 g/mol. The lowest BCUT2D eigenvalue weighted by molar-refractivity contribution is -0.157. The quantitative estimate of drug-likeness (QED) is 0.877. The third-order valence-corrected chi connectivity index (χ3v) is 4.26. The molecule has 0 heterocycles. The second-order valence-electron chi connectivity index (χ2n) is 6.30. The number of hydrogen-bond acceptors (Lipinski definition) is 2. The van der Waals surface area contributed by atoms with Crippen LogP contribution < -0.4 is 5.32 Å². The number of aliphatic carboxylic acids is 1. The molecule has 114 valence electrons. The van der Waals surface area contributed by atoms with E-state index >= 15 is 0 Å². The van der Waals surface area contributed by atoms with Crippen molar-refractivity contribution in [2.24, 2.45) is 5.41 Å². The molecule has 1 amide bonds. The van der Waals surface area contributed by atoms with Crippen molar-refractivity contribution in [1.82, 2.24) is 5.32 Å². The number of amides is 1. The Morgan fingerprint density at radius 3 is 2.52 bits per heavy atom. The molecular formula is C16H20FNO3. The number of hydrogen-bond donors (Lipinski definition) is 2. The summed E-state index contributed by atoms with van der Waals surface area (Å²) in [6.45, 7) is 3.54.